The predicted octanol–water partition coefficient (Wildman–Crippen LogP) is 13.5. The lowest BCUT2D eigenvalue weighted by Gasteiger charge is -2.54. The van der Waals surface area contributed by atoms with E-state index in [0.717, 1.165) is 45.2 Å². The normalized spacial score (nSPS) is 20.6. The molecule has 314 valence electrons. The van der Waals surface area contributed by atoms with E-state index in [2.05, 4.69) is 68.4 Å². The van der Waals surface area contributed by atoms with Gasteiger partial charge in [-0.25, -0.2) is 34.9 Å². The summed E-state index contributed by atoms with van der Waals surface area (Å²) in [6.07, 6.45) is 5.14. The Labute approximate surface area is 379 Å². The first-order chi connectivity index (χ1) is 32.0. The molecular formula is C58H47N7. The molecule has 1 spiro atoms. The smallest absolute Gasteiger partial charge is 0.182 e. The standard InChI is InChI=1S/C58H47N7/c1-36-29-38-31-37(2)58(45(30-36)32-38)48-26-16-15-25-46(48)47-28-27-43(33-49(47)58)44-34-50(56-62-52(39-17-7-3-8-18-39)60-53(63-56)40-19-9-4-10-20-40)59-51(35-44)57-64-54(41-21-11-5-12-22-41)61-55(65-57)42-23-13-6-14-24-42/h3-28,33-38,45H,29-32H2,1-2H3. The molecule has 0 amide bonds. The van der Waals surface area contributed by atoms with Gasteiger partial charge in [-0.3, -0.25) is 0 Å². The number of nitrogens with zero attached hydrogens (tertiary/aromatic N) is 7. The number of fused-ring (bicyclic) bond motifs is 8. The Balaban J connectivity index is 1.10. The van der Waals surface area contributed by atoms with Crippen molar-refractivity contribution < 1.29 is 0 Å². The molecule has 7 heteroatoms. The number of rotatable bonds is 7. The lowest BCUT2D eigenvalue weighted by molar-refractivity contribution is 0.0426. The van der Waals surface area contributed by atoms with Crippen molar-refractivity contribution in [1.82, 2.24) is 34.9 Å². The number of hydrogen-bond acceptors (Lipinski definition) is 7. The summed E-state index contributed by atoms with van der Waals surface area (Å²) < 4.78 is 0. The molecule has 12 rings (SSSR count). The summed E-state index contributed by atoms with van der Waals surface area (Å²) in [5.74, 6) is 5.83. The molecule has 0 aliphatic heterocycles. The van der Waals surface area contributed by atoms with Crippen LogP contribution in [0.4, 0.5) is 0 Å². The van der Waals surface area contributed by atoms with Crippen molar-refractivity contribution in [3.63, 3.8) is 0 Å². The van der Waals surface area contributed by atoms with Gasteiger partial charge < -0.3 is 0 Å². The third-order valence-electron chi connectivity index (χ3n) is 14.3. The van der Waals surface area contributed by atoms with E-state index >= 15 is 0 Å². The molecule has 5 unspecified atom stereocenters. The average Bonchev–Trinajstić information content (AvgIpc) is 3.67. The molecule has 2 bridgehead atoms. The van der Waals surface area contributed by atoms with E-state index in [4.69, 9.17) is 34.9 Å². The molecule has 9 aromatic rings. The van der Waals surface area contributed by atoms with E-state index in [0.29, 0.717) is 58.2 Å². The minimum atomic E-state index is -0.0570. The molecule has 2 fully saturated rings. The molecule has 0 N–H and O–H groups in total. The monoisotopic (exact) mass is 841 g/mol. The Kier molecular flexibility index (Phi) is 9.59. The maximum Gasteiger partial charge on any atom is 0.182 e. The summed E-state index contributed by atoms with van der Waals surface area (Å²) in [7, 11) is 0. The van der Waals surface area contributed by atoms with Gasteiger partial charge in [0.15, 0.2) is 34.9 Å². The Morgan fingerprint density at radius 3 is 1.31 bits per heavy atom. The minimum Gasteiger partial charge on any atom is -0.241 e. The number of pyridine rings is 1. The second kappa shape index (κ2) is 15.9. The van der Waals surface area contributed by atoms with Gasteiger partial charge in [-0.15, -0.1) is 0 Å². The third-order valence-corrected chi connectivity index (χ3v) is 14.3. The number of benzene rings is 6. The summed E-state index contributed by atoms with van der Waals surface area (Å²) in [6.45, 7) is 5.00. The van der Waals surface area contributed by atoms with Crippen molar-refractivity contribution >= 4 is 0 Å². The highest BCUT2D eigenvalue weighted by atomic mass is 15.1. The van der Waals surface area contributed by atoms with Crippen LogP contribution in [0, 0.1) is 23.7 Å². The van der Waals surface area contributed by atoms with Gasteiger partial charge in [0, 0.05) is 27.7 Å². The molecule has 7 nitrogen and oxygen atoms in total. The molecule has 6 aromatic carbocycles. The molecule has 5 atom stereocenters. The maximum atomic E-state index is 5.38. The number of aromatic nitrogens is 7. The summed E-state index contributed by atoms with van der Waals surface area (Å²) in [4.78, 5) is 36.1. The molecule has 3 aromatic heterocycles. The summed E-state index contributed by atoms with van der Waals surface area (Å²) in [5, 5.41) is 0. The van der Waals surface area contributed by atoms with Gasteiger partial charge in [0.25, 0.3) is 0 Å². The zero-order chi connectivity index (χ0) is 43.5. The highest BCUT2D eigenvalue weighted by Gasteiger charge is 2.56. The summed E-state index contributed by atoms with van der Waals surface area (Å²) in [5.41, 5.74) is 12.5. The number of hydrogen-bond donors (Lipinski definition) is 0. The van der Waals surface area contributed by atoms with Crippen LogP contribution in [0.2, 0.25) is 0 Å². The van der Waals surface area contributed by atoms with Crippen LogP contribution in [0.3, 0.4) is 0 Å². The fourth-order valence-electron chi connectivity index (χ4n) is 11.7. The van der Waals surface area contributed by atoms with Crippen LogP contribution in [0.15, 0.2) is 176 Å². The Morgan fingerprint density at radius 1 is 0.354 bits per heavy atom. The van der Waals surface area contributed by atoms with Gasteiger partial charge in [0.2, 0.25) is 0 Å². The molecule has 65 heavy (non-hydrogen) atoms. The largest absolute Gasteiger partial charge is 0.241 e. The first kappa shape index (κ1) is 39.1. The molecule has 3 heterocycles. The van der Waals surface area contributed by atoms with Gasteiger partial charge >= 0.3 is 0 Å². The van der Waals surface area contributed by atoms with E-state index in [1.807, 2.05) is 121 Å². The van der Waals surface area contributed by atoms with Crippen molar-refractivity contribution in [2.45, 2.75) is 44.9 Å². The lowest BCUT2D eigenvalue weighted by atomic mass is 9.49. The first-order valence-corrected chi connectivity index (χ1v) is 23.0. The fourth-order valence-corrected chi connectivity index (χ4v) is 11.7. The topological polar surface area (TPSA) is 90.2 Å². The van der Waals surface area contributed by atoms with Crippen LogP contribution in [0.25, 0.3) is 90.8 Å². The second-order valence-electron chi connectivity index (χ2n) is 18.4. The van der Waals surface area contributed by atoms with E-state index in [1.165, 1.54) is 47.9 Å². The molecular weight excluding hydrogens is 795 g/mol. The van der Waals surface area contributed by atoms with Crippen LogP contribution >= 0.6 is 0 Å². The molecule has 0 saturated heterocycles. The molecule has 0 radical (unpaired) electrons. The summed E-state index contributed by atoms with van der Waals surface area (Å²) >= 11 is 0. The Hall–Kier alpha value is -7.51. The van der Waals surface area contributed by atoms with Crippen molar-refractivity contribution in [1.29, 1.82) is 0 Å². The predicted molar refractivity (Wildman–Crippen MR) is 259 cm³/mol. The second-order valence-corrected chi connectivity index (χ2v) is 18.4. The Bertz CT molecular complexity index is 2950. The quantitative estimate of drug-likeness (QED) is 0.158. The highest BCUT2D eigenvalue weighted by Crippen LogP contribution is 2.64. The minimum absolute atomic E-state index is 0.0570. The highest BCUT2D eigenvalue weighted by molar-refractivity contribution is 5.86. The van der Waals surface area contributed by atoms with Gasteiger partial charge in [-0.2, -0.15) is 0 Å². The zero-order valence-electron chi connectivity index (χ0n) is 36.5. The van der Waals surface area contributed by atoms with Crippen LogP contribution in [0.5, 0.6) is 0 Å². The third kappa shape index (κ3) is 6.85. The Morgan fingerprint density at radius 2 is 0.800 bits per heavy atom. The SMILES string of the molecule is CC1CC2CC(C)C3(c4ccccc4-c4ccc(-c5cc(-c6nc(-c7ccccc7)nc(-c7ccccc7)n6)nc(-c6nc(-c7ccccc7)nc(-c7ccccc7)n6)c5)cc43)C(C1)C2. The van der Waals surface area contributed by atoms with Crippen LogP contribution in [0.1, 0.15) is 50.7 Å². The van der Waals surface area contributed by atoms with E-state index in [1.54, 1.807) is 0 Å². The van der Waals surface area contributed by atoms with Gasteiger partial charge in [-0.1, -0.05) is 172 Å². The van der Waals surface area contributed by atoms with E-state index < -0.39 is 0 Å². The molecule has 3 aliphatic rings. The van der Waals surface area contributed by atoms with E-state index in [9.17, 15) is 0 Å². The van der Waals surface area contributed by atoms with Crippen molar-refractivity contribution in [2.75, 3.05) is 0 Å². The van der Waals surface area contributed by atoms with Gasteiger partial charge in [0.1, 0.15) is 11.4 Å². The van der Waals surface area contributed by atoms with Crippen molar-refractivity contribution in [3.8, 4) is 90.8 Å². The van der Waals surface area contributed by atoms with Crippen LogP contribution < -0.4 is 0 Å². The average molecular weight is 842 g/mol. The van der Waals surface area contributed by atoms with Gasteiger partial charge in [0.05, 0.1) is 0 Å². The van der Waals surface area contributed by atoms with Gasteiger partial charge in [-0.05, 0) is 101 Å². The van der Waals surface area contributed by atoms with Crippen molar-refractivity contribution in [3.05, 3.63) is 187 Å². The fraction of sp³-hybridized carbons (Fsp3) is 0.190. The van der Waals surface area contributed by atoms with Crippen LogP contribution in [-0.4, -0.2) is 34.9 Å². The first-order valence-electron chi connectivity index (χ1n) is 23.0. The maximum absolute atomic E-state index is 5.38. The molecule has 3 aliphatic carbocycles. The lowest BCUT2D eigenvalue weighted by Crippen LogP contribution is -2.49. The molecule has 2 saturated carbocycles. The summed E-state index contributed by atoms with van der Waals surface area (Å²) in [6, 6.07) is 61.0. The zero-order valence-corrected chi connectivity index (χ0v) is 36.5. The van der Waals surface area contributed by atoms with Crippen molar-refractivity contribution in [2.24, 2.45) is 23.7 Å². The van der Waals surface area contributed by atoms with Crippen LogP contribution in [-0.2, 0) is 5.41 Å². The van der Waals surface area contributed by atoms with E-state index in [-0.39, 0.29) is 5.41 Å².